The molecule has 1 saturated heterocycles. The Labute approximate surface area is 87.7 Å². The maximum absolute atomic E-state index is 9.73. The molecule has 1 rings (SSSR count). The summed E-state index contributed by atoms with van der Waals surface area (Å²) in [5.74, 6) is 0. The average molecular weight is 200 g/mol. The van der Waals surface area contributed by atoms with Crippen LogP contribution in [0.4, 0.5) is 0 Å². The standard InChI is InChI=1S/C12H24O2/c1-2-3-4-5-7-11(13)10-12-8-6-9-14-12/h11-13H,2-10H2,1H3. The normalized spacial score (nSPS) is 24.0. The van der Waals surface area contributed by atoms with Crippen molar-refractivity contribution >= 4 is 0 Å². The van der Waals surface area contributed by atoms with E-state index in [0.29, 0.717) is 6.10 Å². The van der Waals surface area contributed by atoms with Gasteiger partial charge in [0.15, 0.2) is 0 Å². The van der Waals surface area contributed by atoms with Gasteiger partial charge in [0.2, 0.25) is 0 Å². The second-order valence-corrected chi connectivity index (χ2v) is 4.37. The van der Waals surface area contributed by atoms with Crippen LogP contribution >= 0.6 is 0 Å². The quantitative estimate of drug-likeness (QED) is 0.640. The SMILES string of the molecule is CCCCCCC(O)CC1CCCO1. The van der Waals surface area contributed by atoms with Crippen molar-refractivity contribution in [3.8, 4) is 0 Å². The molecule has 2 nitrogen and oxygen atoms in total. The molecule has 1 aliphatic heterocycles. The zero-order chi connectivity index (χ0) is 10.2. The molecule has 0 aromatic heterocycles. The highest BCUT2D eigenvalue weighted by Crippen LogP contribution is 2.19. The molecule has 0 saturated carbocycles. The first-order chi connectivity index (χ1) is 6.83. The van der Waals surface area contributed by atoms with E-state index in [1.54, 1.807) is 0 Å². The van der Waals surface area contributed by atoms with Crippen LogP contribution in [0.3, 0.4) is 0 Å². The van der Waals surface area contributed by atoms with Gasteiger partial charge >= 0.3 is 0 Å². The fourth-order valence-electron chi connectivity index (χ4n) is 2.06. The van der Waals surface area contributed by atoms with Crippen LogP contribution in [0, 0.1) is 0 Å². The van der Waals surface area contributed by atoms with Gasteiger partial charge in [-0.3, -0.25) is 0 Å². The molecule has 0 spiro atoms. The Hall–Kier alpha value is -0.0800. The minimum absolute atomic E-state index is 0.130. The van der Waals surface area contributed by atoms with Crippen molar-refractivity contribution in [3.05, 3.63) is 0 Å². The summed E-state index contributed by atoms with van der Waals surface area (Å²) in [7, 11) is 0. The predicted octanol–water partition coefficient (Wildman–Crippen LogP) is 2.89. The number of hydrogen-bond acceptors (Lipinski definition) is 2. The third kappa shape index (κ3) is 4.97. The van der Waals surface area contributed by atoms with E-state index < -0.39 is 0 Å². The van der Waals surface area contributed by atoms with Crippen LogP contribution in [0.15, 0.2) is 0 Å². The summed E-state index contributed by atoms with van der Waals surface area (Å²) < 4.78 is 5.49. The topological polar surface area (TPSA) is 29.5 Å². The fraction of sp³-hybridized carbons (Fsp3) is 1.00. The van der Waals surface area contributed by atoms with Gasteiger partial charge in [-0.15, -0.1) is 0 Å². The molecular formula is C12H24O2. The lowest BCUT2D eigenvalue weighted by molar-refractivity contribution is 0.0496. The molecule has 0 aromatic carbocycles. The maximum Gasteiger partial charge on any atom is 0.0600 e. The van der Waals surface area contributed by atoms with Crippen LogP contribution in [-0.2, 0) is 4.74 Å². The first kappa shape index (κ1) is 12.0. The Bertz CT molecular complexity index is 130. The van der Waals surface area contributed by atoms with Gasteiger partial charge < -0.3 is 9.84 Å². The van der Waals surface area contributed by atoms with Gasteiger partial charge in [-0.1, -0.05) is 32.6 Å². The summed E-state index contributed by atoms with van der Waals surface area (Å²) in [6.45, 7) is 3.11. The van der Waals surface area contributed by atoms with Crippen LogP contribution < -0.4 is 0 Å². The van der Waals surface area contributed by atoms with E-state index in [1.165, 1.54) is 32.1 Å². The number of hydrogen-bond donors (Lipinski definition) is 1. The number of rotatable bonds is 7. The minimum atomic E-state index is -0.130. The smallest absolute Gasteiger partial charge is 0.0600 e. The molecule has 2 unspecified atom stereocenters. The maximum atomic E-state index is 9.73. The van der Waals surface area contributed by atoms with Crippen molar-refractivity contribution in [2.45, 2.75) is 70.5 Å². The van der Waals surface area contributed by atoms with Crippen molar-refractivity contribution in [3.63, 3.8) is 0 Å². The summed E-state index contributed by atoms with van der Waals surface area (Å²) in [5, 5.41) is 9.73. The molecular weight excluding hydrogens is 176 g/mol. The third-order valence-corrected chi connectivity index (χ3v) is 2.95. The second-order valence-electron chi connectivity index (χ2n) is 4.37. The lowest BCUT2D eigenvalue weighted by atomic mass is 10.0. The van der Waals surface area contributed by atoms with Gasteiger partial charge in [0.1, 0.15) is 0 Å². The molecule has 0 amide bonds. The Kier molecular flexibility index (Phi) is 6.20. The highest BCUT2D eigenvalue weighted by atomic mass is 16.5. The van der Waals surface area contributed by atoms with Gasteiger partial charge in [0.05, 0.1) is 12.2 Å². The molecule has 14 heavy (non-hydrogen) atoms. The molecule has 0 bridgehead atoms. The van der Waals surface area contributed by atoms with Crippen molar-refractivity contribution in [2.75, 3.05) is 6.61 Å². The Morgan fingerprint density at radius 2 is 2.21 bits per heavy atom. The largest absolute Gasteiger partial charge is 0.393 e. The minimum Gasteiger partial charge on any atom is -0.393 e. The zero-order valence-corrected chi connectivity index (χ0v) is 9.37. The number of aliphatic hydroxyl groups is 1. The molecule has 84 valence electrons. The summed E-state index contributed by atoms with van der Waals surface area (Å²) in [6, 6.07) is 0. The Morgan fingerprint density at radius 3 is 2.86 bits per heavy atom. The van der Waals surface area contributed by atoms with Crippen LogP contribution in [0.5, 0.6) is 0 Å². The zero-order valence-electron chi connectivity index (χ0n) is 9.37. The summed E-state index contributed by atoms with van der Waals surface area (Å²) in [6.07, 6.45) is 9.34. The molecule has 0 aromatic rings. The molecule has 1 aliphatic rings. The summed E-state index contributed by atoms with van der Waals surface area (Å²) in [4.78, 5) is 0. The van der Waals surface area contributed by atoms with E-state index in [1.807, 2.05) is 0 Å². The van der Waals surface area contributed by atoms with Gasteiger partial charge in [-0.25, -0.2) is 0 Å². The number of unbranched alkanes of at least 4 members (excludes halogenated alkanes) is 3. The second kappa shape index (κ2) is 7.24. The lowest BCUT2D eigenvalue weighted by Gasteiger charge is -2.14. The van der Waals surface area contributed by atoms with E-state index in [9.17, 15) is 5.11 Å². The van der Waals surface area contributed by atoms with Crippen molar-refractivity contribution < 1.29 is 9.84 Å². The van der Waals surface area contributed by atoms with Crippen LogP contribution in [0.25, 0.3) is 0 Å². The molecule has 2 heteroatoms. The van der Waals surface area contributed by atoms with E-state index in [-0.39, 0.29) is 6.10 Å². The fourth-order valence-corrected chi connectivity index (χ4v) is 2.06. The molecule has 1 heterocycles. The average Bonchev–Trinajstić information content (AvgIpc) is 2.65. The van der Waals surface area contributed by atoms with Gasteiger partial charge in [0.25, 0.3) is 0 Å². The van der Waals surface area contributed by atoms with Crippen molar-refractivity contribution in [1.82, 2.24) is 0 Å². The predicted molar refractivity (Wildman–Crippen MR) is 58.4 cm³/mol. The van der Waals surface area contributed by atoms with Crippen LogP contribution in [0.2, 0.25) is 0 Å². The highest BCUT2D eigenvalue weighted by Gasteiger charge is 2.18. The van der Waals surface area contributed by atoms with Crippen LogP contribution in [-0.4, -0.2) is 23.9 Å². The van der Waals surface area contributed by atoms with E-state index in [2.05, 4.69) is 6.92 Å². The Morgan fingerprint density at radius 1 is 1.36 bits per heavy atom. The van der Waals surface area contributed by atoms with Gasteiger partial charge in [-0.05, 0) is 25.7 Å². The molecule has 1 fully saturated rings. The summed E-state index contributed by atoms with van der Waals surface area (Å²) >= 11 is 0. The number of ether oxygens (including phenoxy) is 1. The first-order valence-corrected chi connectivity index (χ1v) is 6.12. The monoisotopic (exact) mass is 200 g/mol. The van der Waals surface area contributed by atoms with Gasteiger partial charge in [0, 0.05) is 6.61 Å². The van der Waals surface area contributed by atoms with Crippen molar-refractivity contribution in [2.24, 2.45) is 0 Å². The van der Waals surface area contributed by atoms with Crippen LogP contribution in [0.1, 0.15) is 58.3 Å². The molecule has 0 aliphatic carbocycles. The number of aliphatic hydroxyl groups excluding tert-OH is 1. The molecule has 2 atom stereocenters. The first-order valence-electron chi connectivity index (χ1n) is 6.12. The highest BCUT2D eigenvalue weighted by molar-refractivity contribution is 4.69. The van der Waals surface area contributed by atoms with Gasteiger partial charge in [-0.2, -0.15) is 0 Å². The molecule has 0 radical (unpaired) electrons. The molecule has 1 N–H and O–H groups in total. The Balaban J connectivity index is 1.95. The van der Waals surface area contributed by atoms with E-state index in [0.717, 1.165) is 25.9 Å². The third-order valence-electron chi connectivity index (χ3n) is 2.95. The van der Waals surface area contributed by atoms with Crippen molar-refractivity contribution in [1.29, 1.82) is 0 Å². The lowest BCUT2D eigenvalue weighted by Crippen LogP contribution is -2.16. The summed E-state index contributed by atoms with van der Waals surface area (Å²) in [5.41, 5.74) is 0. The van der Waals surface area contributed by atoms with E-state index in [4.69, 9.17) is 4.74 Å². The van der Waals surface area contributed by atoms with E-state index >= 15 is 0 Å².